The standard InChI is InChI=1S/C15H18N2O2/c1-9-10(2)19-11(3)14(9)15(18)17-13-7-5-4-6-12(13)8-16/h4-7H,8,16H2,1-3H3,(H,17,18). The van der Waals surface area contributed by atoms with Crippen LogP contribution in [0, 0.1) is 20.8 Å². The van der Waals surface area contributed by atoms with E-state index in [1.807, 2.05) is 38.1 Å². The first-order chi connectivity index (χ1) is 9.04. The Kier molecular flexibility index (Phi) is 3.71. The molecule has 0 atom stereocenters. The van der Waals surface area contributed by atoms with E-state index in [-0.39, 0.29) is 5.91 Å². The lowest BCUT2D eigenvalue weighted by molar-refractivity contribution is 0.102. The Morgan fingerprint density at radius 1 is 1.21 bits per heavy atom. The van der Waals surface area contributed by atoms with E-state index in [0.717, 1.165) is 22.6 Å². The number of anilines is 1. The van der Waals surface area contributed by atoms with Gasteiger partial charge in [0.1, 0.15) is 11.5 Å². The summed E-state index contributed by atoms with van der Waals surface area (Å²) in [6.07, 6.45) is 0. The predicted molar refractivity (Wildman–Crippen MR) is 75.2 cm³/mol. The van der Waals surface area contributed by atoms with E-state index in [1.54, 1.807) is 6.92 Å². The van der Waals surface area contributed by atoms with Gasteiger partial charge in [0.2, 0.25) is 0 Å². The summed E-state index contributed by atoms with van der Waals surface area (Å²) in [5.74, 6) is 1.25. The largest absolute Gasteiger partial charge is 0.466 e. The van der Waals surface area contributed by atoms with E-state index in [0.29, 0.717) is 17.9 Å². The molecule has 1 amide bonds. The molecule has 0 radical (unpaired) electrons. The molecule has 0 saturated heterocycles. The van der Waals surface area contributed by atoms with Gasteiger partial charge in [-0.05, 0) is 32.4 Å². The Morgan fingerprint density at radius 2 is 1.89 bits per heavy atom. The molecule has 0 aliphatic heterocycles. The lowest BCUT2D eigenvalue weighted by Gasteiger charge is -2.09. The van der Waals surface area contributed by atoms with Gasteiger partial charge in [0.25, 0.3) is 5.91 Å². The third-order valence-corrected chi connectivity index (χ3v) is 3.27. The maximum Gasteiger partial charge on any atom is 0.259 e. The molecule has 0 bridgehead atoms. The number of benzene rings is 1. The van der Waals surface area contributed by atoms with Crippen molar-refractivity contribution in [1.82, 2.24) is 0 Å². The number of amides is 1. The monoisotopic (exact) mass is 258 g/mol. The first-order valence-electron chi connectivity index (χ1n) is 6.20. The summed E-state index contributed by atoms with van der Waals surface area (Å²) in [4.78, 5) is 12.3. The van der Waals surface area contributed by atoms with Crippen molar-refractivity contribution < 1.29 is 9.21 Å². The number of nitrogens with one attached hydrogen (secondary N) is 1. The van der Waals surface area contributed by atoms with Gasteiger partial charge in [-0.3, -0.25) is 4.79 Å². The Bertz CT molecular complexity index is 615. The highest BCUT2D eigenvalue weighted by atomic mass is 16.3. The van der Waals surface area contributed by atoms with Crippen LogP contribution in [-0.2, 0) is 6.54 Å². The molecule has 0 spiro atoms. The molecule has 4 nitrogen and oxygen atoms in total. The smallest absolute Gasteiger partial charge is 0.259 e. The molecule has 19 heavy (non-hydrogen) atoms. The van der Waals surface area contributed by atoms with Crippen molar-refractivity contribution in [2.75, 3.05) is 5.32 Å². The van der Waals surface area contributed by atoms with E-state index in [2.05, 4.69) is 5.32 Å². The number of para-hydroxylation sites is 1. The van der Waals surface area contributed by atoms with Crippen LogP contribution >= 0.6 is 0 Å². The molecule has 0 unspecified atom stereocenters. The van der Waals surface area contributed by atoms with Crippen LogP contribution in [0.15, 0.2) is 28.7 Å². The Hall–Kier alpha value is -2.07. The number of hydrogen-bond donors (Lipinski definition) is 2. The molecule has 1 heterocycles. The van der Waals surface area contributed by atoms with Gasteiger partial charge < -0.3 is 15.5 Å². The minimum atomic E-state index is -0.159. The summed E-state index contributed by atoms with van der Waals surface area (Å²) in [6, 6.07) is 7.51. The van der Waals surface area contributed by atoms with Gasteiger partial charge in [-0.15, -0.1) is 0 Å². The fraction of sp³-hybridized carbons (Fsp3) is 0.267. The number of aryl methyl sites for hydroxylation is 2. The molecule has 3 N–H and O–H groups in total. The summed E-state index contributed by atoms with van der Waals surface area (Å²) in [6.45, 7) is 5.92. The fourth-order valence-corrected chi connectivity index (χ4v) is 2.13. The lowest BCUT2D eigenvalue weighted by atomic mass is 10.1. The summed E-state index contributed by atoms with van der Waals surface area (Å²) in [5, 5.41) is 2.89. The second-order valence-corrected chi connectivity index (χ2v) is 4.53. The molecule has 1 aromatic carbocycles. The van der Waals surface area contributed by atoms with Crippen LogP contribution in [0.2, 0.25) is 0 Å². The van der Waals surface area contributed by atoms with Crippen LogP contribution in [0.4, 0.5) is 5.69 Å². The van der Waals surface area contributed by atoms with Gasteiger partial charge >= 0.3 is 0 Å². The topological polar surface area (TPSA) is 68.3 Å². The normalized spacial score (nSPS) is 10.5. The Labute approximate surface area is 112 Å². The van der Waals surface area contributed by atoms with Crippen LogP contribution in [-0.4, -0.2) is 5.91 Å². The lowest BCUT2D eigenvalue weighted by Crippen LogP contribution is -2.15. The second kappa shape index (κ2) is 5.28. The van der Waals surface area contributed by atoms with Crippen molar-refractivity contribution >= 4 is 11.6 Å². The average Bonchev–Trinajstić information content (AvgIpc) is 2.64. The molecule has 4 heteroatoms. The highest BCUT2D eigenvalue weighted by molar-refractivity contribution is 6.06. The summed E-state index contributed by atoms with van der Waals surface area (Å²) >= 11 is 0. The van der Waals surface area contributed by atoms with Crippen molar-refractivity contribution in [2.45, 2.75) is 27.3 Å². The molecule has 2 aromatic rings. The van der Waals surface area contributed by atoms with Crippen molar-refractivity contribution in [1.29, 1.82) is 0 Å². The van der Waals surface area contributed by atoms with E-state index in [9.17, 15) is 4.79 Å². The molecule has 0 saturated carbocycles. The zero-order chi connectivity index (χ0) is 14.0. The number of carbonyl (C=O) groups excluding carboxylic acids is 1. The number of hydrogen-bond acceptors (Lipinski definition) is 3. The Balaban J connectivity index is 2.31. The number of nitrogens with two attached hydrogens (primary N) is 1. The van der Waals surface area contributed by atoms with Crippen LogP contribution in [0.3, 0.4) is 0 Å². The van der Waals surface area contributed by atoms with Crippen LogP contribution in [0.25, 0.3) is 0 Å². The summed E-state index contributed by atoms with van der Waals surface area (Å²) in [5.41, 5.74) is 8.79. The molecule has 1 aromatic heterocycles. The highest BCUT2D eigenvalue weighted by Crippen LogP contribution is 2.23. The maximum atomic E-state index is 12.3. The highest BCUT2D eigenvalue weighted by Gasteiger charge is 2.19. The van der Waals surface area contributed by atoms with E-state index < -0.39 is 0 Å². The maximum absolute atomic E-state index is 12.3. The third-order valence-electron chi connectivity index (χ3n) is 3.27. The van der Waals surface area contributed by atoms with Gasteiger partial charge in [-0.2, -0.15) is 0 Å². The minimum Gasteiger partial charge on any atom is -0.466 e. The number of rotatable bonds is 3. The quantitative estimate of drug-likeness (QED) is 0.889. The van der Waals surface area contributed by atoms with Gasteiger partial charge in [0.05, 0.1) is 5.56 Å². The number of carbonyl (C=O) groups is 1. The molecular weight excluding hydrogens is 240 g/mol. The van der Waals surface area contributed by atoms with Crippen molar-refractivity contribution in [3.05, 3.63) is 52.5 Å². The molecular formula is C15H18N2O2. The van der Waals surface area contributed by atoms with Crippen LogP contribution in [0.1, 0.15) is 33.0 Å². The van der Waals surface area contributed by atoms with Crippen molar-refractivity contribution in [2.24, 2.45) is 5.73 Å². The molecule has 0 fully saturated rings. The second-order valence-electron chi connectivity index (χ2n) is 4.53. The first kappa shape index (κ1) is 13.4. The van der Waals surface area contributed by atoms with E-state index >= 15 is 0 Å². The zero-order valence-corrected chi connectivity index (χ0v) is 11.4. The van der Waals surface area contributed by atoms with Crippen molar-refractivity contribution in [3.8, 4) is 0 Å². The van der Waals surface area contributed by atoms with Gasteiger partial charge in [-0.1, -0.05) is 18.2 Å². The Morgan fingerprint density at radius 3 is 2.47 bits per heavy atom. The molecule has 0 aliphatic rings. The van der Waals surface area contributed by atoms with Crippen molar-refractivity contribution in [3.63, 3.8) is 0 Å². The first-order valence-corrected chi connectivity index (χ1v) is 6.20. The van der Waals surface area contributed by atoms with Gasteiger partial charge in [0.15, 0.2) is 0 Å². The number of furan rings is 1. The van der Waals surface area contributed by atoms with Gasteiger partial charge in [0, 0.05) is 17.8 Å². The molecule has 2 rings (SSSR count). The summed E-state index contributed by atoms with van der Waals surface area (Å²) in [7, 11) is 0. The predicted octanol–water partition coefficient (Wildman–Crippen LogP) is 2.92. The molecule has 0 aliphatic carbocycles. The van der Waals surface area contributed by atoms with E-state index in [1.165, 1.54) is 0 Å². The SMILES string of the molecule is Cc1oc(C)c(C(=O)Nc2ccccc2CN)c1C. The van der Waals surface area contributed by atoms with Gasteiger partial charge in [-0.25, -0.2) is 0 Å². The molecule has 100 valence electrons. The fourth-order valence-electron chi connectivity index (χ4n) is 2.13. The third kappa shape index (κ3) is 2.53. The van der Waals surface area contributed by atoms with E-state index in [4.69, 9.17) is 10.2 Å². The average molecular weight is 258 g/mol. The summed E-state index contributed by atoms with van der Waals surface area (Å²) < 4.78 is 5.48. The van der Waals surface area contributed by atoms with Crippen LogP contribution in [0.5, 0.6) is 0 Å². The minimum absolute atomic E-state index is 0.159. The van der Waals surface area contributed by atoms with Crippen LogP contribution < -0.4 is 11.1 Å². The zero-order valence-electron chi connectivity index (χ0n) is 11.4.